The number of fused-ring (bicyclic) bond motifs is 1. The molecule has 8 heteroatoms. The maximum absolute atomic E-state index is 12.8. The van der Waals surface area contributed by atoms with Gasteiger partial charge in [0, 0.05) is 29.5 Å². The number of rotatable bonds is 6. The zero-order chi connectivity index (χ0) is 23.7. The molecule has 0 atom stereocenters. The summed E-state index contributed by atoms with van der Waals surface area (Å²) in [6.45, 7) is 10.2. The van der Waals surface area contributed by atoms with Crippen molar-refractivity contribution in [1.29, 1.82) is 0 Å². The average molecular weight is 482 g/mol. The number of aryl methyl sites for hydroxylation is 2. The highest BCUT2D eigenvalue weighted by Gasteiger charge is 2.15. The first-order chi connectivity index (χ1) is 15.8. The van der Waals surface area contributed by atoms with E-state index >= 15 is 0 Å². The molecule has 0 saturated heterocycles. The van der Waals surface area contributed by atoms with E-state index in [1.807, 2.05) is 25.1 Å². The molecule has 6 nitrogen and oxygen atoms in total. The molecule has 0 saturated carbocycles. The summed E-state index contributed by atoms with van der Waals surface area (Å²) in [6, 6.07) is 14.8. The fourth-order valence-electron chi connectivity index (χ4n) is 3.82. The van der Waals surface area contributed by atoms with Gasteiger partial charge in [-0.2, -0.15) is 4.80 Å². The lowest BCUT2D eigenvalue weighted by Gasteiger charge is -2.22. The number of anilines is 2. The molecule has 1 aromatic heterocycles. The van der Waals surface area contributed by atoms with Crippen molar-refractivity contribution >= 4 is 51.5 Å². The second-order valence-electron chi connectivity index (χ2n) is 7.87. The van der Waals surface area contributed by atoms with E-state index < -0.39 is 0 Å². The number of hydrogen-bond acceptors (Lipinski definition) is 4. The van der Waals surface area contributed by atoms with Crippen molar-refractivity contribution in [3.05, 3.63) is 75.3 Å². The van der Waals surface area contributed by atoms with Gasteiger partial charge in [0.15, 0.2) is 0 Å². The molecule has 0 spiro atoms. The van der Waals surface area contributed by atoms with Crippen LogP contribution in [0.4, 0.5) is 11.4 Å². The monoisotopic (exact) mass is 481 g/mol. The highest BCUT2D eigenvalue weighted by molar-refractivity contribution is 6.37. The zero-order valence-corrected chi connectivity index (χ0v) is 20.5. The van der Waals surface area contributed by atoms with Crippen LogP contribution in [0.2, 0.25) is 10.0 Å². The normalized spacial score (nSPS) is 11.1. The zero-order valence-electron chi connectivity index (χ0n) is 19.0. The molecule has 0 aliphatic heterocycles. The molecule has 0 radical (unpaired) electrons. The van der Waals surface area contributed by atoms with Crippen LogP contribution in [0, 0.1) is 13.8 Å². The van der Waals surface area contributed by atoms with E-state index in [9.17, 15) is 4.79 Å². The summed E-state index contributed by atoms with van der Waals surface area (Å²) in [5.41, 5.74) is 6.50. The first kappa shape index (κ1) is 23.1. The Hall–Kier alpha value is -3.09. The third-order valence-corrected chi connectivity index (χ3v) is 6.22. The molecule has 33 heavy (non-hydrogen) atoms. The largest absolute Gasteiger partial charge is 0.372 e. The fraction of sp³-hybridized carbons (Fsp3) is 0.240. The van der Waals surface area contributed by atoms with E-state index in [2.05, 4.69) is 53.3 Å². The number of halogens is 2. The number of nitrogens with one attached hydrogen (secondary N) is 1. The molecule has 4 aromatic rings. The topological polar surface area (TPSA) is 63.1 Å². The van der Waals surface area contributed by atoms with Gasteiger partial charge in [-0.15, -0.1) is 10.2 Å². The first-order valence-electron chi connectivity index (χ1n) is 10.8. The lowest BCUT2D eigenvalue weighted by molar-refractivity contribution is 0.102. The number of aromatic nitrogens is 3. The van der Waals surface area contributed by atoms with Gasteiger partial charge < -0.3 is 10.2 Å². The van der Waals surface area contributed by atoms with Crippen LogP contribution in [0.15, 0.2) is 48.5 Å². The van der Waals surface area contributed by atoms with Crippen LogP contribution >= 0.6 is 23.2 Å². The molecule has 0 fully saturated rings. The first-order valence-corrected chi connectivity index (χ1v) is 11.6. The Morgan fingerprint density at radius 1 is 0.939 bits per heavy atom. The summed E-state index contributed by atoms with van der Waals surface area (Å²) in [6.07, 6.45) is 0. The second-order valence-corrected chi connectivity index (χ2v) is 8.71. The Morgan fingerprint density at radius 2 is 1.64 bits per heavy atom. The third-order valence-electron chi connectivity index (χ3n) is 5.67. The summed E-state index contributed by atoms with van der Waals surface area (Å²) < 4.78 is 0. The van der Waals surface area contributed by atoms with Crippen LogP contribution in [0.3, 0.4) is 0 Å². The number of carbonyl (C=O) groups excluding carboxylic acids is 1. The second kappa shape index (κ2) is 9.41. The summed E-state index contributed by atoms with van der Waals surface area (Å²) in [5.74, 6) is -0.311. The number of benzene rings is 3. The Balaban J connectivity index is 1.65. The summed E-state index contributed by atoms with van der Waals surface area (Å²) in [5, 5.41) is 13.0. The van der Waals surface area contributed by atoms with Gasteiger partial charge >= 0.3 is 0 Å². The van der Waals surface area contributed by atoms with E-state index in [4.69, 9.17) is 23.2 Å². The van der Waals surface area contributed by atoms with Gasteiger partial charge in [-0.3, -0.25) is 4.79 Å². The number of amides is 1. The predicted molar refractivity (Wildman–Crippen MR) is 136 cm³/mol. The van der Waals surface area contributed by atoms with Crippen LogP contribution < -0.4 is 10.2 Å². The van der Waals surface area contributed by atoms with Gasteiger partial charge in [0.1, 0.15) is 11.0 Å². The molecule has 1 heterocycles. The van der Waals surface area contributed by atoms with E-state index in [0.29, 0.717) is 26.8 Å². The van der Waals surface area contributed by atoms with Gasteiger partial charge in [-0.1, -0.05) is 23.2 Å². The predicted octanol–water partition coefficient (Wildman–Crippen LogP) is 6.44. The van der Waals surface area contributed by atoms with E-state index in [1.54, 1.807) is 23.0 Å². The molecular weight excluding hydrogens is 457 g/mol. The molecule has 0 unspecified atom stereocenters. The summed E-state index contributed by atoms with van der Waals surface area (Å²) in [4.78, 5) is 16.7. The van der Waals surface area contributed by atoms with E-state index in [1.165, 1.54) is 5.69 Å². The molecule has 0 bridgehead atoms. The SMILES string of the molecule is CCN(CC)c1ccc(-n2nc3cc(C)c(NC(=O)c4ccc(Cl)cc4Cl)cc3n2)c(C)c1. The Labute approximate surface area is 203 Å². The van der Waals surface area contributed by atoms with E-state index in [0.717, 1.165) is 35.4 Å². The molecule has 170 valence electrons. The van der Waals surface area contributed by atoms with Crippen molar-refractivity contribution in [3.8, 4) is 5.69 Å². The summed E-state index contributed by atoms with van der Waals surface area (Å²) >= 11 is 12.1. The van der Waals surface area contributed by atoms with Crippen molar-refractivity contribution in [1.82, 2.24) is 15.0 Å². The lowest BCUT2D eigenvalue weighted by Crippen LogP contribution is -2.21. The molecule has 1 amide bonds. The average Bonchev–Trinajstić information content (AvgIpc) is 3.17. The van der Waals surface area contributed by atoms with Crippen molar-refractivity contribution in [2.24, 2.45) is 0 Å². The minimum absolute atomic E-state index is 0.299. The fourth-order valence-corrected chi connectivity index (χ4v) is 4.32. The van der Waals surface area contributed by atoms with E-state index in [-0.39, 0.29) is 5.91 Å². The van der Waals surface area contributed by atoms with Crippen LogP contribution in [-0.4, -0.2) is 34.0 Å². The van der Waals surface area contributed by atoms with Crippen molar-refractivity contribution in [3.63, 3.8) is 0 Å². The van der Waals surface area contributed by atoms with Gasteiger partial charge in [-0.25, -0.2) is 0 Å². The minimum atomic E-state index is -0.311. The molecule has 3 aromatic carbocycles. The maximum atomic E-state index is 12.8. The van der Waals surface area contributed by atoms with Crippen LogP contribution in [-0.2, 0) is 0 Å². The Morgan fingerprint density at radius 3 is 2.27 bits per heavy atom. The van der Waals surface area contributed by atoms with Crippen molar-refractivity contribution in [2.45, 2.75) is 27.7 Å². The van der Waals surface area contributed by atoms with Gasteiger partial charge in [0.25, 0.3) is 5.91 Å². The maximum Gasteiger partial charge on any atom is 0.257 e. The Kier molecular flexibility index (Phi) is 6.58. The van der Waals surface area contributed by atoms with Crippen molar-refractivity contribution < 1.29 is 4.79 Å². The molecule has 4 rings (SSSR count). The van der Waals surface area contributed by atoms with Gasteiger partial charge in [0.2, 0.25) is 0 Å². The van der Waals surface area contributed by atoms with Crippen LogP contribution in [0.25, 0.3) is 16.7 Å². The Bertz CT molecular complexity index is 1340. The summed E-state index contributed by atoms with van der Waals surface area (Å²) in [7, 11) is 0. The number of carbonyl (C=O) groups is 1. The molecular formula is C25H25Cl2N5O. The van der Waals surface area contributed by atoms with Crippen LogP contribution in [0.1, 0.15) is 35.3 Å². The third kappa shape index (κ3) is 4.68. The molecule has 0 aliphatic carbocycles. The van der Waals surface area contributed by atoms with Gasteiger partial charge in [0.05, 0.1) is 16.3 Å². The number of nitrogens with zero attached hydrogens (tertiary/aromatic N) is 4. The highest BCUT2D eigenvalue weighted by atomic mass is 35.5. The smallest absolute Gasteiger partial charge is 0.257 e. The molecule has 1 N–H and O–H groups in total. The van der Waals surface area contributed by atoms with Gasteiger partial charge in [-0.05, 0) is 87.4 Å². The minimum Gasteiger partial charge on any atom is -0.372 e. The molecule has 0 aliphatic rings. The van der Waals surface area contributed by atoms with Crippen LogP contribution in [0.5, 0.6) is 0 Å². The van der Waals surface area contributed by atoms with Crippen molar-refractivity contribution in [2.75, 3.05) is 23.3 Å². The standard InChI is InChI=1S/C25H25Cl2N5O/c1-5-31(6-2)18-8-10-24(16(4)11-18)32-29-22-12-15(3)21(14-23(22)30-32)28-25(33)19-9-7-17(26)13-20(19)27/h7-14H,5-6H2,1-4H3,(H,28,33). The quantitative estimate of drug-likeness (QED) is 0.344. The number of hydrogen-bond donors (Lipinski definition) is 1. The highest BCUT2D eigenvalue weighted by Crippen LogP contribution is 2.27. The lowest BCUT2D eigenvalue weighted by atomic mass is 10.1.